The maximum atomic E-state index is 13.6. The van der Waals surface area contributed by atoms with E-state index >= 15 is 0 Å². The smallest absolute Gasteiger partial charge is 0.338 e. The lowest BCUT2D eigenvalue weighted by Gasteiger charge is -2.41. The molecule has 0 unspecified atom stereocenters. The number of alkyl halides is 1. The van der Waals surface area contributed by atoms with Gasteiger partial charge < -0.3 is 24.2 Å². The summed E-state index contributed by atoms with van der Waals surface area (Å²) in [6, 6.07) is 8.58. The molecule has 1 amide bonds. The number of amides is 1. The number of carbonyl (C=O) groups excluding carboxylic acids is 2. The molecule has 170 valence electrons. The van der Waals surface area contributed by atoms with E-state index in [1.807, 2.05) is 0 Å². The van der Waals surface area contributed by atoms with Gasteiger partial charge in [-0.05, 0) is 35.7 Å². The van der Waals surface area contributed by atoms with Crippen LogP contribution in [0.25, 0.3) is 0 Å². The average molecular weight is 462 g/mol. The number of nitrogens with zero attached hydrogens (tertiary/aromatic N) is 1. The van der Waals surface area contributed by atoms with Gasteiger partial charge >= 0.3 is 11.9 Å². The lowest BCUT2D eigenvalue weighted by Crippen LogP contribution is -2.46. The van der Waals surface area contributed by atoms with E-state index in [9.17, 15) is 19.5 Å². The summed E-state index contributed by atoms with van der Waals surface area (Å²) in [7, 11) is 4.12. The van der Waals surface area contributed by atoms with Gasteiger partial charge in [0.2, 0.25) is 0 Å². The van der Waals surface area contributed by atoms with Crippen molar-refractivity contribution >= 4 is 29.4 Å². The van der Waals surface area contributed by atoms with Crippen LogP contribution in [0.1, 0.15) is 50.2 Å². The number of hydrogen-bond acceptors (Lipinski definition) is 6. The zero-order chi connectivity index (χ0) is 23.4. The van der Waals surface area contributed by atoms with Gasteiger partial charge in [-0.25, -0.2) is 4.79 Å². The summed E-state index contributed by atoms with van der Waals surface area (Å²) in [6.07, 6.45) is 0.444. The highest BCUT2D eigenvalue weighted by Crippen LogP contribution is 2.47. The fraction of sp³-hybridized carbons (Fsp3) is 0.348. The minimum atomic E-state index is -1.16. The Morgan fingerprint density at radius 3 is 2.31 bits per heavy atom. The number of hydrogen-bond donors (Lipinski definition) is 1. The minimum absolute atomic E-state index is 0.193. The molecule has 1 N–H and O–H groups in total. The van der Waals surface area contributed by atoms with Crippen LogP contribution in [-0.2, 0) is 9.53 Å². The fourth-order valence-corrected chi connectivity index (χ4v) is 4.22. The third-order valence-electron chi connectivity index (χ3n) is 5.52. The number of carbonyl (C=O) groups is 3. The van der Waals surface area contributed by atoms with Crippen LogP contribution in [0.4, 0.5) is 0 Å². The van der Waals surface area contributed by atoms with Gasteiger partial charge in [0, 0.05) is 18.0 Å². The Labute approximate surface area is 190 Å². The van der Waals surface area contributed by atoms with E-state index in [2.05, 4.69) is 0 Å². The van der Waals surface area contributed by atoms with Crippen molar-refractivity contribution in [2.75, 3.05) is 33.8 Å². The molecule has 0 saturated heterocycles. The van der Waals surface area contributed by atoms with E-state index in [4.69, 9.17) is 25.8 Å². The van der Waals surface area contributed by atoms with Crippen molar-refractivity contribution < 1.29 is 33.7 Å². The van der Waals surface area contributed by atoms with E-state index < -0.39 is 23.9 Å². The first-order valence-electron chi connectivity index (χ1n) is 9.92. The molecule has 0 spiro atoms. The van der Waals surface area contributed by atoms with Gasteiger partial charge in [-0.15, -0.1) is 11.6 Å². The topological polar surface area (TPSA) is 102 Å². The van der Waals surface area contributed by atoms with Gasteiger partial charge in [-0.2, -0.15) is 0 Å². The quantitative estimate of drug-likeness (QED) is 0.474. The standard InChI is InChI=1S/C23H24ClNO7/c1-30-17-11-15-16(12-18(17)31-2)21(26)25(10-6-9-24)20(19(15)22(27)28)13-7-4-5-8-14(13)23(29)32-3/h4-5,7-8,11-12,19-20H,6,9-10H2,1-3H3,(H,27,28)/t19-,20-/m1/s1. The monoisotopic (exact) mass is 461 g/mol. The molecule has 0 bridgehead atoms. The number of aliphatic carboxylic acids is 1. The maximum absolute atomic E-state index is 13.6. The number of halogens is 1. The van der Waals surface area contributed by atoms with E-state index in [0.29, 0.717) is 23.5 Å². The third kappa shape index (κ3) is 4.10. The number of ether oxygens (including phenoxy) is 3. The maximum Gasteiger partial charge on any atom is 0.338 e. The van der Waals surface area contributed by atoms with Gasteiger partial charge in [-0.1, -0.05) is 18.2 Å². The molecule has 0 aliphatic carbocycles. The lowest BCUT2D eigenvalue weighted by atomic mass is 9.78. The van der Waals surface area contributed by atoms with Gasteiger partial charge in [-0.3, -0.25) is 9.59 Å². The highest BCUT2D eigenvalue weighted by Gasteiger charge is 2.46. The van der Waals surface area contributed by atoms with Crippen LogP contribution >= 0.6 is 11.6 Å². The molecule has 0 fully saturated rings. The largest absolute Gasteiger partial charge is 0.493 e. The Morgan fingerprint density at radius 2 is 1.72 bits per heavy atom. The molecule has 3 rings (SSSR count). The predicted octanol–water partition coefficient (Wildman–Crippen LogP) is 3.48. The van der Waals surface area contributed by atoms with E-state index in [1.54, 1.807) is 24.3 Å². The summed E-state index contributed by atoms with van der Waals surface area (Å²) in [4.78, 5) is 40.1. The van der Waals surface area contributed by atoms with Gasteiger partial charge in [0.25, 0.3) is 5.91 Å². The number of esters is 1. The average Bonchev–Trinajstić information content (AvgIpc) is 2.81. The molecule has 32 heavy (non-hydrogen) atoms. The molecule has 0 aromatic heterocycles. The summed E-state index contributed by atoms with van der Waals surface area (Å²) < 4.78 is 15.6. The van der Waals surface area contributed by atoms with E-state index in [0.717, 1.165) is 0 Å². The molecule has 0 radical (unpaired) electrons. The first kappa shape index (κ1) is 23.4. The predicted molar refractivity (Wildman–Crippen MR) is 117 cm³/mol. The number of methoxy groups -OCH3 is 3. The zero-order valence-electron chi connectivity index (χ0n) is 18.0. The summed E-state index contributed by atoms with van der Waals surface area (Å²) in [5, 5.41) is 10.3. The first-order valence-corrected chi connectivity index (χ1v) is 10.5. The molecular weight excluding hydrogens is 438 g/mol. The number of carboxylic acids is 1. The Bertz CT molecular complexity index is 1040. The second-order valence-corrected chi connectivity index (χ2v) is 7.55. The Kier molecular flexibility index (Phi) is 7.25. The zero-order valence-corrected chi connectivity index (χ0v) is 18.7. The second-order valence-electron chi connectivity index (χ2n) is 7.18. The van der Waals surface area contributed by atoms with Gasteiger partial charge in [0.1, 0.15) is 5.92 Å². The minimum Gasteiger partial charge on any atom is -0.493 e. The number of benzene rings is 2. The van der Waals surface area contributed by atoms with Gasteiger partial charge in [0.05, 0.1) is 32.9 Å². The van der Waals surface area contributed by atoms with Crippen molar-refractivity contribution in [2.45, 2.75) is 18.4 Å². The molecule has 1 heterocycles. The van der Waals surface area contributed by atoms with Crippen LogP contribution in [0.15, 0.2) is 36.4 Å². The van der Waals surface area contributed by atoms with E-state index in [-0.39, 0.29) is 35.0 Å². The van der Waals surface area contributed by atoms with Crippen molar-refractivity contribution in [2.24, 2.45) is 0 Å². The van der Waals surface area contributed by atoms with Crippen molar-refractivity contribution in [3.63, 3.8) is 0 Å². The van der Waals surface area contributed by atoms with E-state index in [1.165, 1.54) is 38.4 Å². The van der Waals surface area contributed by atoms with Crippen molar-refractivity contribution in [1.29, 1.82) is 0 Å². The molecule has 2 atom stereocenters. The van der Waals surface area contributed by atoms with Crippen molar-refractivity contribution in [3.8, 4) is 11.5 Å². The molecular formula is C23H24ClNO7. The molecule has 2 aromatic carbocycles. The SMILES string of the molecule is COC(=O)c1ccccc1[C@@H]1[C@H](C(=O)O)c2cc(OC)c(OC)cc2C(=O)N1CCCCl. The third-order valence-corrected chi connectivity index (χ3v) is 5.78. The highest BCUT2D eigenvalue weighted by atomic mass is 35.5. The Balaban J connectivity index is 2.31. The van der Waals surface area contributed by atoms with Gasteiger partial charge in [0.15, 0.2) is 11.5 Å². The molecule has 0 saturated carbocycles. The Hall–Kier alpha value is -3.26. The fourth-order valence-electron chi connectivity index (χ4n) is 4.11. The number of fused-ring (bicyclic) bond motifs is 1. The number of carboxylic acid groups (broad SMARTS) is 1. The van der Waals surface area contributed by atoms with Crippen LogP contribution in [0, 0.1) is 0 Å². The van der Waals surface area contributed by atoms with Crippen LogP contribution in [-0.4, -0.2) is 61.6 Å². The van der Waals surface area contributed by atoms with Crippen molar-refractivity contribution in [3.05, 3.63) is 58.7 Å². The van der Waals surface area contributed by atoms with Crippen LogP contribution in [0.3, 0.4) is 0 Å². The summed E-state index contributed by atoms with van der Waals surface area (Å²) >= 11 is 5.89. The first-order chi connectivity index (χ1) is 15.4. The lowest BCUT2D eigenvalue weighted by molar-refractivity contribution is -0.140. The van der Waals surface area contributed by atoms with Crippen LogP contribution in [0.5, 0.6) is 11.5 Å². The van der Waals surface area contributed by atoms with Crippen LogP contribution < -0.4 is 9.47 Å². The molecule has 1 aliphatic rings. The molecule has 1 aliphatic heterocycles. The molecule has 9 heteroatoms. The number of rotatable bonds is 8. The summed E-state index contributed by atoms with van der Waals surface area (Å²) in [6.45, 7) is 0.208. The summed E-state index contributed by atoms with van der Waals surface area (Å²) in [5.74, 6) is -2.41. The van der Waals surface area contributed by atoms with Crippen LogP contribution in [0.2, 0.25) is 0 Å². The second kappa shape index (κ2) is 9.91. The molecule has 8 nitrogen and oxygen atoms in total. The van der Waals surface area contributed by atoms with Crippen molar-refractivity contribution in [1.82, 2.24) is 4.90 Å². The normalized spacial score (nSPS) is 17.5. The Morgan fingerprint density at radius 1 is 1.06 bits per heavy atom. The highest BCUT2D eigenvalue weighted by molar-refractivity contribution is 6.17. The molecule has 2 aromatic rings. The summed E-state index contributed by atoms with van der Waals surface area (Å²) in [5.41, 5.74) is 1.07.